The molecule has 1 saturated carbocycles. The molecular weight excluding hydrogens is 294 g/mol. The lowest BCUT2D eigenvalue weighted by Gasteiger charge is -2.12. The minimum atomic E-state index is -1.02. The number of carbonyl (C=O) groups excluding carboxylic acids is 1. The number of aliphatic carboxylic acids is 1. The molecule has 0 unspecified atom stereocenters. The number of hydrogen-bond acceptors (Lipinski definition) is 3. The SMILES string of the molecule is O=C(O)COc1ccc(NC(=O)CCC2CC2)c2ccccc12. The number of nitrogens with one attached hydrogen (secondary N) is 1. The topological polar surface area (TPSA) is 75.6 Å². The second-order valence-corrected chi connectivity index (χ2v) is 5.87. The third-order valence-electron chi connectivity index (χ3n) is 3.99. The maximum absolute atomic E-state index is 12.1. The standard InChI is InChI=1S/C18H19NO4/c20-17(10-7-12-5-6-12)19-15-8-9-16(23-11-18(21)22)14-4-2-1-3-13(14)15/h1-4,8-9,12H,5-7,10-11H2,(H,19,20)(H,21,22). The molecule has 1 aliphatic carbocycles. The van der Waals surface area contributed by atoms with E-state index < -0.39 is 12.6 Å². The van der Waals surface area contributed by atoms with Crippen LogP contribution < -0.4 is 10.1 Å². The van der Waals surface area contributed by atoms with Gasteiger partial charge in [-0.15, -0.1) is 0 Å². The highest BCUT2D eigenvalue weighted by molar-refractivity contribution is 6.04. The van der Waals surface area contributed by atoms with E-state index in [1.807, 2.05) is 24.3 Å². The van der Waals surface area contributed by atoms with E-state index in [0.717, 1.165) is 28.8 Å². The molecule has 120 valence electrons. The predicted octanol–water partition coefficient (Wildman–Crippen LogP) is 3.43. The van der Waals surface area contributed by atoms with Gasteiger partial charge in [-0.25, -0.2) is 4.79 Å². The molecule has 0 atom stereocenters. The molecule has 5 heteroatoms. The van der Waals surface area contributed by atoms with Gasteiger partial charge in [0.15, 0.2) is 6.61 Å². The summed E-state index contributed by atoms with van der Waals surface area (Å²) in [6.45, 7) is -0.392. The number of benzene rings is 2. The van der Waals surface area contributed by atoms with Crippen LogP contribution in [0.4, 0.5) is 5.69 Å². The van der Waals surface area contributed by atoms with Gasteiger partial charge in [-0.1, -0.05) is 37.1 Å². The summed E-state index contributed by atoms with van der Waals surface area (Å²) in [4.78, 5) is 22.7. The van der Waals surface area contributed by atoms with Crippen molar-refractivity contribution in [3.63, 3.8) is 0 Å². The monoisotopic (exact) mass is 313 g/mol. The van der Waals surface area contributed by atoms with Crippen LogP contribution in [-0.2, 0) is 9.59 Å². The van der Waals surface area contributed by atoms with Crippen molar-refractivity contribution in [1.29, 1.82) is 0 Å². The fraction of sp³-hybridized carbons (Fsp3) is 0.333. The van der Waals surface area contributed by atoms with Crippen LogP contribution in [-0.4, -0.2) is 23.6 Å². The largest absolute Gasteiger partial charge is 0.481 e. The summed E-state index contributed by atoms with van der Waals surface area (Å²) in [5.41, 5.74) is 0.726. The fourth-order valence-electron chi connectivity index (χ4n) is 2.60. The minimum absolute atomic E-state index is 0.0151. The molecule has 0 bridgehead atoms. The lowest BCUT2D eigenvalue weighted by atomic mass is 10.1. The Kier molecular flexibility index (Phi) is 4.46. The number of amides is 1. The van der Waals surface area contributed by atoms with E-state index in [4.69, 9.17) is 9.84 Å². The minimum Gasteiger partial charge on any atom is -0.481 e. The fourth-order valence-corrected chi connectivity index (χ4v) is 2.60. The first kappa shape index (κ1) is 15.3. The van der Waals surface area contributed by atoms with Crippen molar-refractivity contribution in [3.8, 4) is 5.75 Å². The van der Waals surface area contributed by atoms with Gasteiger partial charge in [0, 0.05) is 22.9 Å². The van der Waals surface area contributed by atoms with Crippen LogP contribution >= 0.6 is 0 Å². The molecule has 2 N–H and O–H groups in total. The highest BCUT2D eigenvalue weighted by Gasteiger charge is 2.22. The Hall–Kier alpha value is -2.56. The van der Waals surface area contributed by atoms with Gasteiger partial charge in [0.05, 0.1) is 0 Å². The van der Waals surface area contributed by atoms with Crippen LogP contribution in [0.1, 0.15) is 25.7 Å². The second-order valence-electron chi connectivity index (χ2n) is 5.87. The number of anilines is 1. The molecular formula is C18H19NO4. The van der Waals surface area contributed by atoms with E-state index in [-0.39, 0.29) is 5.91 Å². The van der Waals surface area contributed by atoms with Crippen molar-refractivity contribution < 1.29 is 19.4 Å². The van der Waals surface area contributed by atoms with Crippen LogP contribution in [0.5, 0.6) is 5.75 Å². The average molecular weight is 313 g/mol. The molecule has 1 amide bonds. The van der Waals surface area contributed by atoms with Gasteiger partial charge >= 0.3 is 5.97 Å². The Morgan fingerprint density at radius 2 is 1.87 bits per heavy atom. The van der Waals surface area contributed by atoms with Crippen molar-refractivity contribution >= 4 is 28.3 Å². The van der Waals surface area contributed by atoms with Gasteiger partial charge in [-0.3, -0.25) is 4.79 Å². The van der Waals surface area contributed by atoms with Crippen LogP contribution in [0.15, 0.2) is 36.4 Å². The van der Waals surface area contributed by atoms with Crippen molar-refractivity contribution in [2.45, 2.75) is 25.7 Å². The number of carboxylic acid groups (broad SMARTS) is 1. The van der Waals surface area contributed by atoms with E-state index in [1.54, 1.807) is 12.1 Å². The van der Waals surface area contributed by atoms with E-state index >= 15 is 0 Å². The van der Waals surface area contributed by atoms with E-state index in [9.17, 15) is 9.59 Å². The summed E-state index contributed by atoms with van der Waals surface area (Å²) >= 11 is 0. The molecule has 0 heterocycles. The Labute approximate surface area is 134 Å². The number of rotatable bonds is 7. The zero-order valence-electron chi connectivity index (χ0n) is 12.7. The third-order valence-corrected chi connectivity index (χ3v) is 3.99. The van der Waals surface area contributed by atoms with Crippen molar-refractivity contribution in [2.75, 3.05) is 11.9 Å². The number of fused-ring (bicyclic) bond motifs is 1. The molecule has 3 rings (SSSR count). The average Bonchev–Trinajstić information content (AvgIpc) is 3.36. The van der Waals surface area contributed by atoms with Crippen LogP contribution in [0.2, 0.25) is 0 Å². The highest BCUT2D eigenvalue weighted by Crippen LogP contribution is 2.34. The van der Waals surface area contributed by atoms with Gasteiger partial charge in [-0.05, 0) is 24.5 Å². The van der Waals surface area contributed by atoms with Crippen molar-refractivity contribution in [1.82, 2.24) is 0 Å². The van der Waals surface area contributed by atoms with E-state index in [2.05, 4.69) is 5.32 Å². The van der Waals surface area contributed by atoms with Crippen LogP contribution in [0.25, 0.3) is 10.8 Å². The first-order valence-electron chi connectivity index (χ1n) is 7.79. The van der Waals surface area contributed by atoms with Gasteiger partial charge in [-0.2, -0.15) is 0 Å². The molecule has 0 aromatic heterocycles. The number of hydrogen-bond donors (Lipinski definition) is 2. The lowest BCUT2D eigenvalue weighted by Crippen LogP contribution is -2.12. The van der Waals surface area contributed by atoms with Gasteiger partial charge in [0.2, 0.25) is 5.91 Å². The predicted molar refractivity (Wildman–Crippen MR) is 87.7 cm³/mol. The normalized spacial score (nSPS) is 13.7. The van der Waals surface area contributed by atoms with Gasteiger partial charge < -0.3 is 15.2 Å². The molecule has 1 aliphatic rings. The highest BCUT2D eigenvalue weighted by atomic mass is 16.5. The van der Waals surface area contributed by atoms with Crippen molar-refractivity contribution in [2.24, 2.45) is 5.92 Å². The number of carboxylic acids is 1. The summed E-state index contributed by atoms with van der Waals surface area (Å²) in [6.07, 6.45) is 3.97. The summed E-state index contributed by atoms with van der Waals surface area (Å²) in [6, 6.07) is 10.9. The molecule has 0 spiro atoms. The quantitative estimate of drug-likeness (QED) is 0.821. The van der Waals surface area contributed by atoms with Crippen LogP contribution in [0.3, 0.4) is 0 Å². The molecule has 0 saturated heterocycles. The summed E-state index contributed by atoms with van der Waals surface area (Å²) in [7, 11) is 0. The molecule has 1 fully saturated rings. The molecule has 5 nitrogen and oxygen atoms in total. The summed E-state index contributed by atoms with van der Waals surface area (Å²) in [5.74, 6) is 0.219. The lowest BCUT2D eigenvalue weighted by molar-refractivity contribution is -0.139. The molecule has 2 aromatic carbocycles. The van der Waals surface area contributed by atoms with Crippen LogP contribution in [0, 0.1) is 5.92 Å². The Bertz CT molecular complexity index is 737. The Morgan fingerprint density at radius 1 is 1.13 bits per heavy atom. The smallest absolute Gasteiger partial charge is 0.341 e. The van der Waals surface area contributed by atoms with Gasteiger partial charge in [0.25, 0.3) is 0 Å². The van der Waals surface area contributed by atoms with Gasteiger partial charge in [0.1, 0.15) is 5.75 Å². The zero-order valence-corrected chi connectivity index (χ0v) is 12.7. The first-order chi connectivity index (χ1) is 11.1. The molecule has 0 radical (unpaired) electrons. The molecule has 0 aliphatic heterocycles. The second kappa shape index (κ2) is 6.69. The first-order valence-corrected chi connectivity index (χ1v) is 7.79. The summed E-state index contributed by atoms with van der Waals surface area (Å²) < 4.78 is 5.32. The van der Waals surface area contributed by atoms with E-state index in [0.29, 0.717) is 12.2 Å². The maximum Gasteiger partial charge on any atom is 0.341 e. The molecule has 23 heavy (non-hydrogen) atoms. The third kappa shape index (κ3) is 4.00. The Morgan fingerprint density at radius 3 is 2.57 bits per heavy atom. The zero-order chi connectivity index (χ0) is 16.2. The maximum atomic E-state index is 12.1. The summed E-state index contributed by atoms with van der Waals surface area (Å²) in [5, 5.41) is 13.3. The molecule has 2 aromatic rings. The number of carbonyl (C=O) groups is 2. The van der Waals surface area contributed by atoms with Crippen molar-refractivity contribution in [3.05, 3.63) is 36.4 Å². The number of ether oxygens (including phenoxy) is 1. The van der Waals surface area contributed by atoms with E-state index in [1.165, 1.54) is 12.8 Å². The Balaban J connectivity index is 1.78.